The summed E-state index contributed by atoms with van der Waals surface area (Å²) < 4.78 is 30.4. The maximum absolute atomic E-state index is 12.9. The fourth-order valence-corrected chi connectivity index (χ4v) is 3.46. The molecular weight excluding hydrogens is 294 g/mol. The summed E-state index contributed by atoms with van der Waals surface area (Å²) in [6, 6.07) is -0.416. The van der Waals surface area contributed by atoms with E-state index in [0.29, 0.717) is 19.8 Å². The summed E-state index contributed by atoms with van der Waals surface area (Å²) in [7, 11) is -3.26. The highest BCUT2D eigenvalue weighted by Gasteiger charge is 2.47. The zero-order chi connectivity index (χ0) is 15.7. The number of hydrogen-bond acceptors (Lipinski definition) is 5. The quantitative estimate of drug-likeness (QED) is 0.712. The third kappa shape index (κ3) is 3.74. The molecule has 1 amide bonds. The van der Waals surface area contributed by atoms with E-state index in [0.717, 1.165) is 25.5 Å². The smallest absolute Gasteiger partial charge is 0.232 e. The van der Waals surface area contributed by atoms with E-state index in [2.05, 4.69) is 4.72 Å². The van der Waals surface area contributed by atoms with E-state index in [1.807, 2.05) is 6.92 Å². The van der Waals surface area contributed by atoms with Crippen LogP contribution in [0.4, 0.5) is 0 Å². The minimum atomic E-state index is -3.26. The highest BCUT2D eigenvalue weighted by molar-refractivity contribution is 7.88. The van der Waals surface area contributed by atoms with Crippen molar-refractivity contribution in [3.63, 3.8) is 0 Å². The largest absolute Gasteiger partial charge is 0.379 e. The molecule has 2 aliphatic rings. The van der Waals surface area contributed by atoms with Crippen LogP contribution in [0.5, 0.6) is 0 Å². The third-order valence-electron chi connectivity index (χ3n) is 4.48. The first kappa shape index (κ1) is 16.7. The van der Waals surface area contributed by atoms with Gasteiger partial charge in [-0.1, -0.05) is 0 Å². The molecule has 0 spiro atoms. The number of ether oxygens (including phenoxy) is 1. The maximum Gasteiger partial charge on any atom is 0.232 e. The topological polar surface area (TPSA) is 102 Å². The normalized spacial score (nSPS) is 34.1. The molecule has 0 saturated carbocycles. The van der Waals surface area contributed by atoms with E-state index in [1.54, 1.807) is 4.90 Å². The van der Waals surface area contributed by atoms with Gasteiger partial charge in [-0.25, -0.2) is 13.1 Å². The average molecular weight is 319 g/mol. The summed E-state index contributed by atoms with van der Waals surface area (Å²) in [4.78, 5) is 14.6. The van der Waals surface area contributed by atoms with Crippen LogP contribution in [0.2, 0.25) is 0 Å². The van der Waals surface area contributed by atoms with Crippen LogP contribution in [0, 0.1) is 5.41 Å². The molecule has 3 N–H and O–H groups in total. The van der Waals surface area contributed by atoms with E-state index in [-0.39, 0.29) is 24.5 Å². The second kappa shape index (κ2) is 6.20. The van der Waals surface area contributed by atoms with Crippen LogP contribution in [-0.4, -0.2) is 63.9 Å². The standard InChI is InChI=1S/C13H25N3O4S/c1-13(9-20-8-11(13)14)12(17)16-6-4-3-5-10(16)7-15-21(2,18)19/h10-11,15H,3-9,14H2,1-2H3. The van der Waals surface area contributed by atoms with Crippen LogP contribution < -0.4 is 10.5 Å². The van der Waals surface area contributed by atoms with Crippen molar-refractivity contribution in [2.75, 3.05) is 32.6 Å². The molecule has 3 atom stereocenters. The fourth-order valence-electron chi connectivity index (χ4n) is 2.96. The van der Waals surface area contributed by atoms with Crippen LogP contribution in [0.3, 0.4) is 0 Å². The summed E-state index contributed by atoms with van der Waals surface area (Å²) in [5.74, 6) is -0.0208. The molecule has 7 nitrogen and oxygen atoms in total. The summed E-state index contributed by atoms with van der Waals surface area (Å²) >= 11 is 0. The number of nitrogens with two attached hydrogens (primary N) is 1. The predicted octanol–water partition coefficient (Wildman–Crippen LogP) is -0.719. The molecule has 2 saturated heterocycles. The third-order valence-corrected chi connectivity index (χ3v) is 5.17. The zero-order valence-corrected chi connectivity index (χ0v) is 13.5. The van der Waals surface area contributed by atoms with E-state index < -0.39 is 15.4 Å². The molecule has 2 aliphatic heterocycles. The Morgan fingerprint density at radius 3 is 2.76 bits per heavy atom. The molecular formula is C13H25N3O4S. The fraction of sp³-hybridized carbons (Fsp3) is 0.923. The lowest BCUT2D eigenvalue weighted by molar-refractivity contribution is -0.145. The number of piperidine rings is 1. The van der Waals surface area contributed by atoms with Gasteiger partial charge < -0.3 is 15.4 Å². The second-order valence-corrected chi connectivity index (χ2v) is 8.14. The Labute approximate surface area is 126 Å². The van der Waals surface area contributed by atoms with E-state index in [4.69, 9.17) is 10.5 Å². The number of carbonyl (C=O) groups is 1. The number of likely N-dealkylation sites (tertiary alicyclic amines) is 1. The number of amides is 1. The zero-order valence-electron chi connectivity index (χ0n) is 12.7. The van der Waals surface area contributed by atoms with Crippen molar-refractivity contribution in [1.82, 2.24) is 9.62 Å². The van der Waals surface area contributed by atoms with Crippen molar-refractivity contribution >= 4 is 15.9 Å². The number of nitrogens with zero attached hydrogens (tertiary/aromatic N) is 1. The second-order valence-electron chi connectivity index (χ2n) is 6.31. The molecule has 3 unspecified atom stereocenters. The monoisotopic (exact) mass is 319 g/mol. The number of sulfonamides is 1. The minimum absolute atomic E-state index is 0.0208. The van der Waals surface area contributed by atoms with Gasteiger partial charge in [-0.2, -0.15) is 0 Å². The van der Waals surface area contributed by atoms with Gasteiger partial charge in [-0.05, 0) is 26.2 Å². The van der Waals surface area contributed by atoms with Gasteiger partial charge >= 0.3 is 0 Å². The Morgan fingerprint density at radius 2 is 2.19 bits per heavy atom. The van der Waals surface area contributed by atoms with Gasteiger partial charge in [0.05, 0.1) is 24.9 Å². The van der Waals surface area contributed by atoms with E-state index in [1.165, 1.54) is 0 Å². The molecule has 8 heteroatoms. The first-order valence-corrected chi connectivity index (χ1v) is 9.22. The first-order chi connectivity index (χ1) is 9.74. The van der Waals surface area contributed by atoms with Crippen LogP contribution in [0.1, 0.15) is 26.2 Å². The van der Waals surface area contributed by atoms with Crippen LogP contribution in [0.25, 0.3) is 0 Å². The number of rotatable bonds is 4. The van der Waals surface area contributed by atoms with Crippen LogP contribution in [-0.2, 0) is 19.6 Å². The number of hydrogen-bond donors (Lipinski definition) is 2. The number of nitrogens with one attached hydrogen (secondary N) is 1. The van der Waals surface area contributed by atoms with Crippen molar-refractivity contribution in [3.05, 3.63) is 0 Å². The highest BCUT2D eigenvalue weighted by atomic mass is 32.2. The molecule has 21 heavy (non-hydrogen) atoms. The van der Waals surface area contributed by atoms with Gasteiger partial charge in [0.25, 0.3) is 0 Å². The molecule has 0 radical (unpaired) electrons. The van der Waals surface area contributed by atoms with Gasteiger partial charge in [-0.3, -0.25) is 4.79 Å². The van der Waals surface area contributed by atoms with Gasteiger partial charge in [0, 0.05) is 25.2 Å². The summed E-state index contributed by atoms with van der Waals surface area (Å²) in [6.45, 7) is 3.47. The Morgan fingerprint density at radius 1 is 1.48 bits per heavy atom. The average Bonchev–Trinajstić information content (AvgIpc) is 2.76. The lowest BCUT2D eigenvalue weighted by Gasteiger charge is -2.41. The van der Waals surface area contributed by atoms with Crippen molar-refractivity contribution in [2.45, 2.75) is 38.3 Å². The molecule has 0 aromatic carbocycles. The molecule has 122 valence electrons. The summed E-state index contributed by atoms with van der Waals surface area (Å²) in [5.41, 5.74) is 5.32. The molecule has 2 heterocycles. The van der Waals surface area contributed by atoms with Crippen LogP contribution in [0.15, 0.2) is 0 Å². The van der Waals surface area contributed by atoms with Crippen LogP contribution >= 0.6 is 0 Å². The lowest BCUT2D eigenvalue weighted by atomic mass is 9.83. The van der Waals surface area contributed by atoms with Crippen molar-refractivity contribution in [3.8, 4) is 0 Å². The summed E-state index contributed by atoms with van der Waals surface area (Å²) in [5, 5.41) is 0. The van der Waals surface area contributed by atoms with Gasteiger partial charge in [-0.15, -0.1) is 0 Å². The summed E-state index contributed by atoms with van der Waals surface area (Å²) in [6.07, 6.45) is 3.87. The maximum atomic E-state index is 12.9. The van der Waals surface area contributed by atoms with Crippen molar-refractivity contribution in [1.29, 1.82) is 0 Å². The highest BCUT2D eigenvalue weighted by Crippen LogP contribution is 2.32. The Hall–Kier alpha value is -0.700. The van der Waals surface area contributed by atoms with Gasteiger partial charge in [0.2, 0.25) is 15.9 Å². The Kier molecular flexibility index (Phi) is 4.92. The Balaban J connectivity index is 2.09. The molecule has 0 aliphatic carbocycles. The first-order valence-electron chi connectivity index (χ1n) is 7.33. The van der Waals surface area contributed by atoms with E-state index >= 15 is 0 Å². The predicted molar refractivity (Wildman–Crippen MR) is 79.1 cm³/mol. The Bertz CT molecular complexity index is 496. The SMILES string of the molecule is CC1(C(=O)N2CCCCC2CNS(C)(=O)=O)COCC1N. The van der Waals surface area contributed by atoms with Gasteiger partial charge in [0.15, 0.2) is 0 Å². The molecule has 2 rings (SSSR count). The molecule has 0 bridgehead atoms. The molecule has 2 fully saturated rings. The lowest BCUT2D eigenvalue weighted by Crippen LogP contribution is -2.57. The minimum Gasteiger partial charge on any atom is -0.379 e. The van der Waals surface area contributed by atoms with Gasteiger partial charge in [0.1, 0.15) is 0 Å². The van der Waals surface area contributed by atoms with Crippen molar-refractivity contribution < 1.29 is 17.9 Å². The van der Waals surface area contributed by atoms with E-state index in [9.17, 15) is 13.2 Å². The molecule has 0 aromatic heterocycles. The van der Waals surface area contributed by atoms with Crippen molar-refractivity contribution in [2.24, 2.45) is 11.1 Å². The molecule has 0 aromatic rings. The number of carbonyl (C=O) groups excluding carboxylic acids is 1.